The standard InChI is InChI=1S/C10H13ClN2O3S/c1-12(5-7-3-4-8(11)17-7)10(16)13(2)6-9(14)15/h3-4H,5-6H2,1-2H3,(H,14,15). The zero-order valence-corrected chi connectivity index (χ0v) is 11.1. The lowest BCUT2D eigenvalue weighted by molar-refractivity contribution is -0.137. The number of carboxylic acids is 1. The van der Waals surface area contributed by atoms with Crippen LogP contribution in [0.2, 0.25) is 4.34 Å². The van der Waals surface area contributed by atoms with Crippen molar-refractivity contribution in [2.75, 3.05) is 20.6 Å². The van der Waals surface area contributed by atoms with E-state index >= 15 is 0 Å². The van der Waals surface area contributed by atoms with E-state index in [4.69, 9.17) is 16.7 Å². The normalized spacial score (nSPS) is 10.1. The number of carbonyl (C=O) groups is 2. The summed E-state index contributed by atoms with van der Waals surface area (Å²) in [7, 11) is 3.07. The molecule has 0 saturated carbocycles. The molecule has 1 aromatic rings. The molecule has 1 N–H and O–H groups in total. The minimum absolute atomic E-state index is 0.311. The van der Waals surface area contributed by atoms with Gasteiger partial charge in [-0.25, -0.2) is 4.79 Å². The highest BCUT2D eigenvalue weighted by molar-refractivity contribution is 7.16. The van der Waals surface area contributed by atoms with Gasteiger partial charge in [0, 0.05) is 19.0 Å². The highest BCUT2D eigenvalue weighted by atomic mass is 35.5. The van der Waals surface area contributed by atoms with Crippen molar-refractivity contribution in [1.29, 1.82) is 0 Å². The molecule has 5 nitrogen and oxygen atoms in total. The zero-order valence-electron chi connectivity index (χ0n) is 9.51. The predicted molar refractivity (Wildman–Crippen MR) is 66.5 cm³/mol. The first kappa shape index (κ1) is 13.8. The van der Waals surface area contributed by atoms with E-state index in [0.717, 1.165) is 9.78 Å². The topological polar surface area (TPSA) is 60.9 Å². The number of likely N-dealkylation sites (N-methyl/N-ethyl adjacent to an activating group) is 1. The van der Waals surface area contributed by atoms with Crippen LogP contribution in [0, 0.1) is 0 Å². The van der Waals surface area contributed by atoms with Crippen molar-refractivity contribution in [1.82, 2.24) is 9.80 Å². The highest BCUT2D eigenvalue weighted by Gasteiger charge is 2.17. The Morgan fingerprint density at radius 2 is 2.00 bits per heavy atom. The summed E-state index contributed by atoms with van der Waals surface area (Å²) in [6.07, 6.45) is 0. The molecule has 0 atom stereocenters. The second-order valence-corrected chi connectivity index (χ2v) is 5.39. The maximum atomic E-state index is 11.7. The van der Waals surface area contributed by atoms with Gasteiger partial charge in [-0.05, 0) is 12.1 Å². The van der Waals surface area contributed by atoms with E-state index in [2.05, 4.69) is 0 Å². The summed E-state index contributed by atoms with van der Waals surface area (Å²) in [5.41, 5.74) is 0. The number of urea groups is 1. The molecule has 1 heterocycles. The molecule has 2 amide bonds. The number of hydrogen-bond acceptors (Lipinski definition) is 3. The predicted octanol–water partition coefficient (Wildman–Crippen LogP) is 1.97. The van der Waals surface area contributed by atoms with E-state index in [1.807, 2.05) is 6.07 Å². The fourth-order valence-corrected chi connectivity index (χ4v) is 2.44. The molecule has 0 aromatic carbocycles. The number of thiophene rings is 1. The molecule has 0 aliphatic rings. The Balaban J connectivity index is 2.55. The molecule has 0 bridgehead atoms. The van der Waals surface area contributed by atoms with Crippen LogP contribution in [-0.2, 0) is 11.3 Å². The summed E-state index contributed by atoms with van der Waals surface area (Å²) in [5.74, 6) is -1.03. The number of hydrogen-bond donors (Lipinski definition) is 1. The Kier molecular flexibility index (Phi) is 4.77. The molecule has 7 heteroatoms. The van der Waals surface area contributed by atoms with Crippen molar-refractivity contribution in [3.8, 4) is 0 Å². The number of rotatable bonds is 4. The summed E-state index contributed by atoms with van der Waals surface area (Å²) in [6.45, 7) is 0.106. The quantitative estimate of drug-likeness (QED) is 0.915. The maximum absolute atomic E-state index is 11.7. The van der Waals surface area contributed by atoms with Gasteiger partial charge in [0.15, 0.2) is 0 Å². The van der Waals surface area contributed by atoms with Crippen molar-refractivity contribution >= 4 is 34.9 Å². The van der Waals surface area contributed by atoms with E-state index < -0.39 is 5.97 Å². The maximum Gasteiger partial charge on any atom is 0.323 e. The molecule has 0 radical (unpaired) electrons. The first-order valence-corrected chi connectivity index (χ1v) is 6.02. The van der Waals surface area contributed by atoms with Gasteiger partial charge in [-0.15, -0.1) is 11.3 Å². The minimum atomic E-state index is -1.03. The van der Waals surface area contributed by atoms with Crippen molar-refractivity contribution < 1.29 is 14.7 Å². The van der Waals surface area contributed by atoms with E-state index in [0.29, 0.717) is 10.9 Å². The highest BCUT2D eigenvalue weighted by Crippen LogP contribution is 2.22. The number of aliphatic carboxylic acids is 1. The van der Waals surface area contributed by atoms with Crippen LogP contribution in [0.25, 0.3) is 0 Å². The Morgan fingerprint density at radius 3 is 2.47 bits per heavy atom. The van der Waals surface area contributed by atoms with Crippen molar-refractivity contribution in [2.45, 2.75) is 6.54 Å². The van der Waals surface area contributed by atoms with Crippen molar-refractivity contribution in [2.24, 2.45) is 0 Å². The van der Waals surface area contributed by atoms with Gasteiger partial charge in [0.2, 0.25) is 0 Å². The van der Waals surface area contributed by atoms with Gasteiger partial charge < -0.3 is 14.9 Å². The lowest BCUT2D eigenvalue weighted by atomic mass is 10.4. The van der Waals surface area contributed by atoms with Crippen LogP contribution in [-0.4, -0.2) is 47.5 Å². The Morgan fingerprint density at radius 1 is 1.35 bits per heavy atom. The van der Waals surface area contributed by atoms with E-state index in [1.165, 1.54) is 23.3 Å². The van der Waals surface area contributed by atoms with Gasteiger partial charge in [-0.2, -0.15) is 0 Å². The van der Waals surface area contributed by atoms with Crippen LogP contribution in [0.1, 0.15) is 4.88 Å². The second-order valence-electron chi connectivity index (χ2n) is 3.59. The van der Waals surface area contributed by atoms with Crippen molar-refractivity contribution in [3.05, 3.63) is 21.3 Å². The van der Waals surface area contributed by atoms with Crippen LogP contribution in [0.3, 0.4) is 0 Å². The van der Waals surface area contributed by atoms with Gasteiger partial charge in [0.05, 0.1) is 10.9 Å². The Hall–Kier alpha value is -1.27. The lowest BCUT2D eigenvalue weighted by Gasteiger charge is -2.23. The third-order valence-electron chi connectivity index (χ3n) is 2.05. The summed E-state index contributed by atoms with van der Waals surface area (Å²) in [6, 6.07) is 3.27. The average molecular weight is 277 g/mol. The largest absolute Gasteiger partial charge is 0.480 e. The van der Waals surface area contributed by atoms with Crippen LogP contribution in [0.4, 0.5) is 4.79 Å². The van der Waals surface area contributed by atoms with Crippen LogP contribution in [0.5, 0.6) is 0 Å². The summed E-state index contributed by atoms with van der Waals surface area (Å²) in [4.78, 5) is 25.8. The number of nitrogens with zero attached hydrogens (tertiary/aromatic N) is 2. The minimum Gasteiger partial charge on any atom is -0.480 e. The number of carboxylic acid groups (broad SMARTS) is 1. The van der Waals surface area contributed by atoms with E-state index in [9.17, 15) is 9.59 Å². The molecule has 0 aliphatic carbocycles. The Labute approximate surface area is 108 Å². The summed E-state index contributed by atoms with van der Waals surface area (Å²) >= 11 is 7.18. The van der Waals surface area contributed by atoms with Gasteiger partial charge in [0.25, 0.3) is 0 Å². The lowest BCUT2D eigenvalue weighted by Crippen LogP contribution is -2.40. The van der Waals surface area contributed by atoms with Gasteiger partial charge in [0.1, 0.15) is 6.54 Å². The molecule has 0 fully saturated rings. The molecule has 0 spiro atoms. The fraction of sp³-hybridized carbons (Fsp3) is 0.400. The Bertz CT molecular complexity index is 421. The van der Waals surface area contributed by atoms with Crippen LogP contribution < -0.4 is 0 Å². The summed E-state index contributed by atoms with van der Waals surface area (Å²) < 4.78 is 0.666. The van der Waals surface area contributed by atoms with Crippen molar-refractivity contribution in [3.63, 3.8) is 0 Å². The fourth-order valence-electron chi connectivity index (χ4n) is 1.30. The smallest absolute Gasteiger partial charge is 0.323 e. The number of halogens is 1. The van der Waals surface area contributed by atoms with E-state index in [-0.39, 0.29) is 12.6 Å². The summed E-state index contributed by atoms with van der Waals surface area (Å²) in [5, 5.41) is 8.58. The van der Waals surface area contributed by atoms with Gasteiger partial charge >= 0.3 is 12.0 Å². The zero-order chi connectivity index (χ0) is 13.0. The van der Waals surface area contributed by atoms with Gasteiger partial charge in [-0.1, -0.05) is 11.6 Å². The third-order valence-corrected chi connectivity index (χ3v) is 3.26. The first-order valence-electron chi connectivity index (χ1n) is 4.82. The molecular formula is C10H13ClN2O3S. The molecular weight excluding hydrogens is 264 g/mol. The molecule has 94 valence electrons. The SMILES string of the molecule is CN(CC(=O)O)C(=O)N(C)Cc1ccc(Cl)s1. The molecule has 0 aliphatic heterocycles. The monoisotopic (exact) mass is 276 g/mol. The molecule has 0 unspecified atom stereocenters. The molecule has 1 rings (SSSR count). The number of amides is 2. The van der Waals surface area contributed by atoms with Crippen LogP contribution in [0.15, 0.2) is 12.1 Å². The van der Waals surface area contributed by atoms with Crippen LogP contribution >= 0.6 is 22.9 Å². The second kappa shape index (κ2) is 5.88. The van der Waals surface area contributed by atoms with E-state index in [1.54, 1.807) is 13.1 Å². The first-order chi connectivity index (χ1) is 7.90. The third kappa shape index (κ3) is 4.24. The number of carbonyl (C=O) groups excluding carboxylic acids is 1. The molecule has 1 aromatic heterocycles. The average Bonchev–Trinajstić information content (AvgIpc) is 2.61. The van der Waals surface area contributed by atoms with Gasteiger partial charge in [-0.3, -0.25) is 4.79 Å². The molecule has 0 saturated heterocycles. The molecule has 17 heavy (non-hydrogen) atoms.